The summed E-state index contributed by atoms with van der Waals surface area (Å²) in [7, 11) is 1.22. The summed E-state index contributed by atoms with van der Waals surface area (Å²) in [6, 6.07) is 2.42. The van der Waals surface area contributed by atoms with Crippen molar-refractivity contribution in [2.75, 3.05) is 13.7 Å². The minimum absolute atomic E-state index is 0.0264. The van der Waals surface area contributed by atoms with Gasteiger partial charge in [-0.2, -0.15) is 5.10 Å². The lowest BCUT2D eigenvalue weighted by atomic mass is 10.3. The Morgan fingerprint density at radius 1 is 1.53 bits per heavy atom. The van der Waals surface area contributed by atoms with Crippen LogP contribution >= 0.6 is 0 Å². The fraction of sp³-hybridized carbons (Fsp3) is 0.250. The number of hydrogen-bond acceptors (Lipinski definition) is 5. The number of H-pyrrole nitrogens is 1. The Kier molecular flexibility index (Phi) is 3.55. The van der Waals surface area contributed by atoms with Gasteiger partial charge in [0.1, 0.15) is 12.2 Å². The number of aromatic amines is 1. The molecule has 0 saturated heterocycles. The monoisotopic (exact) mass is 211 g/mol. The van der Waals surface area contributed by atoms with Gasteiger partial charge in [-0.25, -0.2) is 5.10 Å². The predicted molar refractivity (Wildman–Crippen MR) is 49.2 cm³/mol. The van der Waals surface area contributed by atoms with Gasteiger partial charge in [-0.1, -0.05) is 0 Å². The molecule has 0 saturated carbocycles. The van der Waals surface area contributed by atoms with E-state index in [-0.39, 0.29) is 12.2 Å². The number of methoxy groups -OCH3 is 1. The minimum Gasteiger partial charge on any atom is -0.468 e. The highest BCUT2D eigenvalue weighted by Gasteiger charge is 2.08. The molecule has 0 radical (unpaired) electrons. The molecule has 1 heterocycles. The van der Waals surface area contributed by atoms with E-state index in [4.69, 9.17) is 0 Å². The molecule has 0 bridgehead atoms. The van der Waals surface area contributed by atoms with Crippen LogP contribution in [-0.4, -0.2) is 35.7 Å². The molecule has 1 aromatic rings. The average Bonchev–Trinajstić information content (AvgIpc) is 2.26. The molecule has 0 spiro atoms. The second kappa shape index (κ2) is 4.89. The molecule has 1 aromatic heterocycles. The lowest BCUT2D eigenvalue weighted by Crippen LogP contribution is -2.31. The number of nitrogens with zero attached hydrogens (tertiary/aromatic N) is 1. The van der Waals surface area contributed by atoms with Crippen molar-refractivity contribution in [3.05, 3.63) is 28.2 Å². The van der Waals surface area contributed by atoms with Gasteiger partial charge in [0.15, 0.2) is 0 Å². The molecule has 7 nitrogen and oxygen atoms in total. The average molecular weight is 211 g/mol. The Balaban J connectivity index is 2.58. The number of ether oxygens (including phenoxy) is 1. The van der Waals surface area contributed by atoms with E-state index in [1.54, 1.807) is 0 Å². The Hall–Kier alpha value is -2.18. The fourth-order valence-electron chi connectivity index (χ4n) is 0.786. The molecule has 0 aliphatic heterocycles. The first-order valence-electron chi connectivity index (χ1n) is 4.04. The van der Waals surface area contributed by atoms with Gasteiger partial charge in [-0.05, 0) is 6.07 Å². The van der Waals surface area contributed by atoms with E-state index >= 15 is 0 Å². The maximum Gasteiger partial charge on any atom is 0.325 e. The maximum absolute atomic E-state index is 11.3. The first-order chi connectivity index (χ1) is 7.13. The third-order valence-electron chi connectivity index (χ3n) is 1.53. The largest absolute Gasteiger partial charge is 0.468 e. The van der Waals surface area contributed by atoms with Gasteiger partial charge in [-0.3, -0.25) is 14.4 Å². The molecule has 2 N–H and O–H groups in total. The third-order valence-corrected chi connectivity index (χ3v) is 1.53. The standard InChI is InChI=1S/C8H9N3O4/c1-15-7(13)4-9-8(14)5-2-3-6(12)11-10-5/h2-3H,4H2,1H3,(H,9,14)(H,11,12). The molecule has 0 aromatic carbocycles. The molecule has 7 heteroatoms. The summed E-state index contributed by atoms with van der Waals surface area (Å²) in [5.41, 5.74) is -0.377. The van der Waals surface area contributed by atoms with E-state index in [2.05, 4.69) is 20.3 Å². The van der Waals surface area contributed by atoms with Gasteiger partial charge in [0.05, 0.1) is 7.11 Å². The van der Waals surface area contributed by atoms with Gasteiger partial charge < -0.3 is 10.1 Å². The highest BCUT2D eigenvalue weighted by Crippen LogP contribution is 1.87. The lowest BCUT2D eigenvalue weighted by molar-refractivity contribution is -0.139. The molecule has 1 amide bonds. The number of nitrogens with one attached hydrogen (secondary N) is 2. The summed E-state index contributed by atoms with van der Waals surface area (Å²) in [4.78, 5) is 32.6. The second-order valence-electron chi connectivity index (χ2n) is 2.57. The van der Waals surface area contributed by atoms with Crippen LogP contribution in [0, 0.1) is 0 Å². The number of amides is 1. The summed E-state index contributed by atoms with van der Waals surface area (Å²) in [6.07, 6.45) is 0. The molecular weight excluding hydrogens is 202 g/mol. The van der Waals surface area contributed by atoms with Crippen molar-refractivity contribution in [3.63, 3.8) is 0 Å². The zero-order chi connectivity index (χ0) is 11.3. The number of aromatic nitrogens is 2. The maximum atomic E-state index is 11.3. The Morgan fingerprint density at radius 3 is 2.80 bits per heavy atom. The summed E-state index contributed by atoms with van der Waals surface area (Å²) in [5, 5.41) is 7.85. The molecule has 0 unspecified atom stereocenters. The molecule has 1 rings (SSSR count). The van der Waals surface area contributed by atoms with Crippen LogP contribution in [0.25, 0.3) is 0 Å². The number of hydrogen-bond donors (Lipinski definition) is 2. The summed E-state index contributed by atoms with van der Waals surface area (Å²) in [5.74, 6) is -1.12. The van der Waals surface area contributed by atoms with Crippen molar-refractivity contribution in [1.29, 1.82) is 0 Å². The fourth-order valence-corrected chi connectivity index (χ4v) is 0.786. The van der Waals surface area contributed by atoms with Gasteiger partial charge in [0, 0.05) is 6.07 Å². The highest BCUT2D eigenvalue weighted by atomic mass is 16.5. The lowest BCUT2D eigenvalue weighted by Gasteiger charge is -2.01. The molecule has 0 fully saturated rings. The van der Waals surface area contributed by atoms with Crippen molar-refractivity contribution in [2.24, 2.45) is 0 Å². The topological polar surface area (TPSA) is 101 Å². The predicted octanol–water partition coefficient (Wildman–Crippen LogP) is -1.33. The summed E-state index contributed by atoms with van der Waals surface area (Å²) >= 11 is 0. The molecule has 0 aliphatic rings. The first-order valence-corrected chi connectivity index (χ1v) is 4.04. The van der Waals surface area contributed by atoms with Gasteiger partial charge in [0.25, 0.3) is 11.5 Å². The van der Waals surface area contributed by atoms with E-state index in [0.29, 0.717) is 0 Å². The number of carbonyl (C=O) groups excluding carboxylic acids is 2. The van der Waals surface area contributed by atoms with Crippen LogP contribution in [-0.2, 0) is 9.53 Å². The zero-order valence-corrected chi connectivity index (χ0v) is 7.94. The van der Waals surface area contributed by atoms with Crippen LogP contribution in [0.3, 0.4) is 0 Å². The SMILES string of the molecule is COC(=O)CNC(=O)c1ccc(=O)[nH]n1. The molecular formula is C8H9N3O4. The summed E-state index contributed by atoms with van der Waals surface area (Å²) < 4.78 is 4.32. The van der Waals surface area contributed by atoms with Gasteiger partial charge in [-0.15, -0.1) is 0 Å². The zero-order valence-electron chi connectivity index (χ0n) is 7.94. The van der Waals surface area contributed by atoms with Crippen LogP contribution in [0.5, 0.6) is 0 Å². The first kappa shape index (κ1) is 10.9. The van der Waals surface area contributed by atoms with Crippen molar-refractivity contribution >= 4 is 11.9 Å². The van der Waals surface area contributed by atoms with Crippen molar-refractivity contribution in [1.82, 2.24) is 15.5 Å². The quantitative estimate of drug-likeness (QED) is 0.603. The normalized spacial score (nSPS) is 9.40. The molecule has 80 valence electrons. The van der Waals surface area contributed by atoms with Crippen LogP contribution in [0.4, 0.5) is 0 Å². The van der Waals surface area contributed by atoms with Crippen LogP contribution < -0.4 is 10.9 Å². The van der Waals surface area contributed by atoms with Crippen LogP contribution in [0.2, 0.25) is 0 Å². The van der Waals surface area contributed by atoms with Crippen molar-refractivity contribution in [3.8, 4) is 0 Å². The molecule has 0 aliphatic carbocycles. The summed E-state index contributed by atoms with van der Waals surface area (Å²) in [6.45, 7) is -0.240. The highest BCUT2D eigenvalue weighted by molar-refractivity contribution is 5.93. The smallest absolute Gasteiger partial charge is 0.325 e. The van der Waals surface area contributed by atoms with Crippen molar-refractivity contribution < 1.29 is 14.3 Å². The van der Waals surface area contributed by atoms with Crippen LogP contribution in [0.1, 0.15) is 10.5 Å². The van der Waals surface area contributed by atoms with E-state index in [1.807, 2.05) is 0 Å². The Morgan fingerprint density at radius 2 is 2.27 bits per heavy atom. The third kappa shape index (κ3) is 3.22. The van der Waals surface area contributed by atoms with Gasteiger partial charge >= 0.3 is 5.97 Å². The second-order valence-corrected chi connectivity index (χ2v) is 2.57. The Labute approximate surface area is 84.4 Å². The number of rotatable bonds is 3. The van der Waals surface area contributed by atoms with Crippen LogP contribution in [0.15, 0.2) is 16.9 Å². The molecule has 0 atom stereocenters. The van der Waals surface area contributed by atoms with E-state index < -0.39 is 17.4 Å². The molecule has 15 heavy (non-hydrogen) atoms. The van der Waals surface area contributed by atoms with Crippen molar-refractivity contribution in [2.45, 2.75) is 0 Å². The van der Waals surface area contributed by atoms with E-state index in [1.165, 1.54) is 19.2 Å². The Bertz CT molecular complexity index is 406. The minimum atomic E-state index is -0.562. The number of carbonyl (C=O) groups is 2. The van der Waals surface area contributed by atoms with E-state index in [0.717, 1.165) is 0 Å². The van der Waals surface area contributed by atoms with Gasteiger partial charge in [0.2, 0.25) is 0 Å². The van der Waals surface area contributed by atoms with E-state index in [9.17, 15) is 14.4 Å². The number of esters is 1.